The number of likely N-dealkylation sites (N-methyl/N-ethyl adjacent to an activating group) is 1. The number of hydrogen-bond acceptors (Lipinski definition) is 7. The van der Waals surface area contributed by atoms with E-state index < -0.39 is 5.79 Å². The van der Waals surface area contributed by atoms with E-state index in [0.29, 0.717) is 25.0 Å². The molecule has 7 nitrogen and oxygen atoms in total. The molecule has 1 atom stereocenters. The van der Waals surface area contributed by atoms with Gasteiger partial charge in [-0.05, 0) is 95.9 Å². The molecule has 1 heterocycles. The van der Waals surface area contributed by atoms with Gasteiger partial charge in [0.1, 0.15) is 17.3 Å². The Morgan fingerprint density at radius 1 is 1.09 bits per heavy atom. The van der Waals surface area contributed by atoms with Gasteiger partial charge in [-0.25, -0.2) is 4.99 Å². The molecule has 3 aliphatic rings. The van der Waals surface area contributed by atoms with Gasteiger partial charge in [-0.3, -0.25) is 5.73 Å². The van der Waals surface area contributed by atoms with Gasteiger partial charge in [-0.2, -0.15) is 0 Å². The SMILES string of the molecule is CCOc1ccc(OCC)c(CNCC2CCC(C3(N)N=C(N(C)C)C4=C(CCCC4)N3)CC2)c1. The van der Waals surface area contributed by atoms with E-state index in [0.717, 1.165) is 61.7 Å². The van der Waals surface area contributed by atoms with Crippen LogP contribution < -0.4 is 25.8 Å². The lowest BCUT2D eigenvalue weighted by molar-refractivity contribution is 0.150. The van der Waals surface area contributed by atoms with Crippen molar-refractivity contribution in [2.24, 2.45) is 22.6 Å². The maximum atomic E-state index is 6.97. The summed E-state index contributed by atoms with van der Waals surface area (Å²) in [6.07, 6.45) is 9.23. The molecule has 1 aromatic rings. The average molecular weight is 484 g/mol. The van der Waals surface area contributed by atoms with Crippen molar-refractivity contribution in [1.29, 1.82) is 0 Å². The fourth-order valence-electron chi connectivity index (χ4n) is 5.83. The number of amidine groups is 1. The third kappa shape index (κ3) is 6.12. The summed E-state index contributed by atoms with van der Waals surface area (Å²) in [5.74, 6) is 3.26. The highest BCUT2D eigenvalue weighted by Crippen LogP contribution is 2.38. The Morgan fingerprint density at radius 2 is 1.83 bits per heavy atom. The van der Waals surface area contributed by atoms with Crippen molar-refractivity contribution in [2.45, 2.75) is 77.5 Å². The minimum absolute atomic E-state index is 0.358. The van der Waals surface area contributed by atoms with Crippen molar-refractivity contribution in [3.05, 3.63) is 35.0 Å². The van der Waals surface area contributed by atoms with Gasteiger partial charge in [-0.1, -0.05) is 0 Å². The Hall–Kier alpha value is -2.25. The van der Waals surface area contributed by atoms with Crippen LogP contribution in [0.5, 0.6) is 11.5 Å². The zero-order valence-electron chi connectivity index (χ0n) is 22.2. The van der Waals surface area contributed by atoms with Crippen LogP contribution >= 0.6 is 0 Å². The smallest absolute Gasteiger partial charge is 0.187 e. The molecule has 0 spiro atoms. The number of nitrogens with zero attached hydrogens (tertiary/aromatic N) is 2. The maximum absolute atomic E-state index is 6.97. The molecule has 35 heavy (non-hydrogen) atoms. The van der Waals surface area contributed by atoms with Crippen molar-refractivity contribution >= 4 is 5.84 Å². The van der Waals surface area contributed by atoms with Gasteiger partial charge >= 0.3 is 0 Å². The van der Waals surface area contributed by atoms with Gasteiger partial charge in [-0.15, -0.1) is 0 Å². The Labute approximate surface area is 211 Å². The second-order valence-corrected chi connectivity index (χ2v) is 10.4. The molecule has 0 amide bonds. The summed E-state index contributed by atoms with van der Waals surface area (Å²) in [5.41, 5.74) is 10.8. The number of benzene rings is 1. The monoisotopic (exact) mass is 483 g/mol. The summed E-state index contributed by atoms with van der Waals surface area (Å²) in [5, 5.41) is 7.38. The fraction of sp³-hybridized carbons (Fsp3) is 0.679. The predicted molar refractivity (Wildman–Crippen MR) is 143 cm³/mol. The summed E-state index contributed by atoms with van der Waals surface area (Å²) in [6.45, 7) is 7.15. The van der Waals surface area contributed by atoms with E-state index >= 15 is 0 Å². The molecule has 1 aromatic carbocycles. The summed E-state index contributed by atoms with van der Waals surface area (Å²) in [7, 11) is 4.18. The first kappa shape index (κ1) is 25.8. The highest BCUT2D eigenvalue weighted by molar-refractivity contribution is 5.99. The van der Waals surface area contributed by atoms with Crippen molar-refractivity contribution < 1.29 is 9.47 Å². The number of rotatable bonds is 9. The van der Waals surface area contributed by atoms with Gasteiger partial charge in [0.2, 0.25) is 0 Å². The fourth-order valence-corrected chi connectivity index (χ4v) is 5.83. The minimum atomic E-state index is -0.680. The average Bonchev–Trinajstić information content (AvgIpc) is 2.85. The van der Waals surface area contributed by atoms with Crippen LogP contribution in [0.3, 0.4) is 0 Å². The Kier molecular flexibility index (Phi) is 8.60. The van der Waals surface area contributed by atoms with E-state index in [2.05, 4.69) is 35.7 Å². The molecule has 1 aliphatic heterocycles. The van der Waals surface area contributed by atoms with Crippen molar-refractivity contribution in [1.82, 2.24) is 15.5 Å². The molecule has 0 aromatic heterocycles. The van der Waals surface area contributed by atoms with E-state index in [9.17, 15) is 0 Å². The number of nitrogens with one attached hydrogen (secondary N) is 2. The van der Waals surface area contributed by atoms with Crippen LogP contribution in [0.2, 0.25) is 0 Å². The van der Waals surface area contributed by atoms with Gasteiger partial charge < -0.3 is 25.0 Å². The molecule has 1 unspecified atom stereocenters. The predicted octanol–water partition coefficient (Wildman–Crippen LogP) is 4.38. The molecule has 2 aliphatic carbocycles. The molecular weight excluding hydrogens is 438 g/mol. The van der Waals surface area contributed by atoms with E-state index in [1.807, 2.05) is 26.0 Å². The van der Waals surface area contributed by atoms with E-state index in [4.69, 9.17) is 20.2 Å². The highest BCUT2D eigenvalue weighted by Gasteiger charge is 2.42. The van der Waals surface area contributed by atoms with Crippen LogP contribution in [0.15, 0.2) is 34.5 Å². The number of hydrogen-bond donors (Lipinski definition) is 3. The standard InChI is InChI=1S/C28H45N5O2/c1-5-34-23-15-16-26(35-6-2)21(17-23)19-30-18-20-11-13-22(14-12-20)28(29)31-25-10-8-7-9-24(25)27(32-28)33(3)4/h15-17,20,22,30-31H,5-14,18-19,29H2,1-4H3. The third-order valence-corrected chi connectivity index (χ3v) is 7.66. The Morgan fingerprint density at radius 3 is 2.54 bits per heavy atom. The van der Waals surface area contributed by atoms with Crippen LogP contribution in [0.25, 0.3) is 0 Å². The van der Waals surface area contributed by atoms with Crippen LogP contribution in [0.1, 0.15) is 70.8 Å². The van der Waals surface area contributed by atoms with E-state index in [-0.39, 0.29) is 0 Å². The quantitative estimate of drug-likeness (QED) is 0.483. The highest BCUT2D eigenvalue weighted by atomic mass is 16.5. The molecule has 4 N–H and O–H groups in total. The zero-order valence-corrected chi connectivity index (χ0v) is 22.2. The molecule has 7 heteroatoms. The van der Waals surface area contributed by atoms with Crippen LogP contribution in [-0.2, 0) is 6.54 Å². The largest absolute Gasteiger partial charge is 0.494 e. The topological polar surface area (TPSA) is 84.1 Å². The van der Waals surface area contributed by atoms with E-state index in [1.165, 1.54) is 37.0 Å². The van der Waals surface area contributed by atoms with Crippen molar-refractivity contribution in [3.8, 4) is 11.5 Å². The van der Waals surface area contributed by atoms with Gasteiger partial charge in [0.05, 0.1) is 13.2 Å². The molecular formula is C28H45N5O2. The van der Waals surface area contributed by atoms with Crippen LogP contribution in [0, 0.1) is 11.8 Å². The lowest BCUT2D eigenvalue weighted by Gasteiger charge is -2.45. The second kappa shape index (κ2) is 11.7. The zero-order chi connectivity index (χ0) is 24.8. The minimum Gasteiger partial charge on any atom is -0.494 e. The molecule has 1 saturated carbocycles. The lowest BCUT2D eigenvalue weighted by Crippen LogP contribution is -2.61. The number of ether oxygens (including phenoxy) is 2. The molecule has 194 valence electrons. The number of allylic oxidation sites excluding steroid dienone is 1. The first-order valence-corrected chi connectivity index (χ1v) is 13.6. The molecule has 4 rings (SSSR count). The normalized spacial score (nSPS) is 26.5. The molecule has 1 fully saturated rings. The van der Waals surface area contributed by atoms with Gasteiger partial charge in [0.15, 0.2) is 5.79 Å². The molecule has 0 saturated heterocycles. The first-order valence-electron chi connectivity index (χ1n) is 13.6. The molecule has 0 bridgehead atoms. The van der Waals surface area contributed by atoms with Crippen LogP contribution in [0.4, 0.5) is 0 Å². The lowest BCUT2D eigenvalue weighted by atomic mass is 9.77. The summed E-state index contributed by atoms with van der Waals surface area (Å²) in [6, 6.07) is 6.10. The maximum Gasteiger partial charge on any atom is 0.187 e. The number of aliphatic imine (C=N–C) groups is 1. The van der Waals surface area contributed by atoms with Gasteiger partial charge in [0, 0.05) is 43.4 Å². The second-order valence-electron chi connectivity index (χ2n) is 10.4. The number of nitrogens with two attached hydrogens (primary N) is 1. The molecule has 0 radical (unpaired) electrons. The Balaban J connectivity index is 1.32. The van der Waals surface area contributed by atoms with Crippen molar-refractivity contribution in [3.63, 3.8) is 0 Å². The summed E-state index contributed by atoms with van der Waals surface area (Å²) >= 11 is 0. The van der Waals surface area contributed by atoms with Gasteiger partial charge in [0.25, 0.3) is 0 Å². The Bertz CT molecular complexity index is 920. The summed E-state index contributed by atoms with van der Waals surface area (Å²) < 4.78 is 11.5. The van der Waals surface area contributed by atoms with E-state index in [1.54, 1.807) is 0 Å². The summed E-state index contributed by atoms with van der Waals surface area (Å²) in [4.78, 5) is 7.26. The third-order valence-electron chi connectivity index (χ3n) is 7.66. The first-order chi connectivity index (χ1) is 16.9. The van der Waals surface area contributed by atoms with Crippen LogP contribution in [-0.4, -0.2) is 50.4 Å². The van der Waals surface area contributed by atoms with Crippen molar-refractivity contribution in [2.75, 3.05) is 33.9 Å².